The van der Waals surface area contributed by atoms with Crippen molar-refractivity contribution in [1.29, 1.82) is 0 Å². The van der Waals surface area contributed by atoms with E-state index in [0.717, 1.165) is 19.6 Å². The standard InChI is InChI=1S/C16H22Cl2N2O/c1-19-8-6-12(10-19)11-20(2)9-7-15(21)13-4-3-5-14(17)16(13)18/h3-5,12H,6-11H2,1-2H3. The van der Waals surface area contributed by atoms with Crippen molar-refractivity contribution in [1.82, 2.24) is 9.80 Å². The van der Waals surface area contributed by atoms with Gasteiger partial charge in [-0.25, -0.2) is 0 Å². The Morgan fingerprint density at radius 2 is 2.19 bits per heavy atom. The molecule has 1 aliphatic rings. The molecule has 0 aromatic heterocycles. The molecule has 1 aliphatic heterocycles. The first-order chi connectivity index (χ1) is 9.97. The van der Waals surface area contributed by atoms with Crippen molar-refractivity contribution in [2.24, 2.45) is 5.92 Å². The molecule has 0 N–H and O–H groups in total. The highest BCUT2D eigenvalue weighted by molar-refractivity contribution is 6.43. The molecule has 3 nitrogen and oxygen atoms in total. The van der Waals surface area contributed by atoms with E-state index in [4.69, 9.17) is 23.2 Å². The number of rotatable bonds is 6. The smallest absolute Gasteiger partial charge is 0.165 e. The van der Waals surface area contributed by atoms with Gasteiger partial charge in [0.15, 0.2) is 5.78 Å². The van der Waals surface area contributed by atoms with Crippen molar-refractivity contribution in [3.05, 3.63) is 33.8 Å². The zero-order valence-corrected chi connectivity index (χ0v) is 14.1. The Kier molecular flexibility index (Phi) is 6.06. The summed E-state index contributed by atoms with van der Waals surface area (Å²) in [5.41, 5.74) is 0.526. The van der Waals surface area contributed by atoms with E-state index in [1.165, 1.54) is 13.0 Å². The van der Waals surface area contributed by atoms with E-state index in [1.807, 2.05) is 0 Å². The molecular weight excluding hydrogens is 307 g/mol. The lowest BCUT2D eigenvalue weighted by Crippen LogP contribution is -2.29. The van der Waals surface area contributed by atoms with Crippen LogP contribution in [0, 0.1) is 5.92 Å². The van der Waals surface area contributed by atoms with Crippen LogP contribution in [-0.4, -0.2) is 55.9 Å². The van der Waals surface area contributed by atoms with E-state index in [9.17, 15) is 4.79 Å². The third kappa shape index (κ3) is 4.68. The lowest BCUT2D eigenvalue weighted by atomic mass is 10.1. The van der Waals surface area contributed by atoms with Crippen molar-refractivity contribution in [2.75, 3.05) is 40.3 Å². The summed E-state index contributed by atoms with van der Waals surface area (Å²) in [5, 5.41) is 0.800. The number of benzene rings is 1. The molecule has 116 valence electrons. The number of carbonyl (C=O) groups is 1. The number of likely N-dealkylation sites (tertiary alicyclic amines) is 1. The van der Waals surface area contributed by atoms with E-state index in [1.54, 1.807) is 18.2 Å². The minimum atomic E-state index is 0.0536. The summed E-state index contributed by atoms with van der Waals surface area (Å²) in [6.45, 7) is 4.12. The van der Waals surface area contributed by atoms with Crippen molar-refractivity contribution in [3.63, 3.8) is 0 Å². The average Bonchev–Trinajstić information content (AvgIpc) is 2.84. The zero-order valence-electron chi connectivity index (χ0n) is 12.6. The Labute approximate surface area is 136 Å². The summed E-state index contributed by atoms with van der Waals surface area (Å²) in [6.07, 6.45) is 1.72. The molecule has 2 rings (SSSR count). The summed E-state index contributed by atoms with van der Waals surface area (Å²) in [5.74, 6) is 0.766. The molecule has 1 atom stereocenters. The number of Topliss-reactive ketones (excluding diaryl/α,β-unsaturated/α-hetero) is 1. The quantitative estimate of drug-likeness (QED) is 0.747. The maximum Gasteiger partial charge on any atom is 0.165 e. The summed E-state index contributed by atoms with van der Waals surface area (Å²) < 4.78 is 0. The van der Waals surface area contributed by atoms with Crippen LogP contribution >= 0.6 is 23.2 Å². The Hall–Kier alpha value is -0.610. The fourth-order valence-electron chi connectivity index (χ4n) is 2.85. The number of nitrogens with zero attached hydrogens (tertiary/aromatic N) is 2. The first-order valence-electron chi connectivity index (χ1n) is 7.31. The normalized spacial score (nSPS) is 19.4. The van der Waals surface area contributed by atoms with Crippen LogP contribution in [0.2, 0.25) is 10.0 Å². The summed E-state index contributed by atoms with van der Waals surface area (Å²) in [7, 11) is 4.23. The molecule has 21 heavy (non-hydrogen) atoms. The molecule has 1 saturated heterocycles. The molecule has 1 heterocycles. The lowest BCUT2D eigenvalue weighted by molar-refractivity contribution is 0.0966. The van der Waals surface area contributed by atoms with E-state index < -0.39 is 0 Å². The molecule has 1 aromatic rings. The van der Waals surface area contributed by atoms with Crippen LogP contribution in [-0.2, 0) is 0 Å². The third-order valence-electron chi connectivity index (χ3n) is 4.03. The van der Waals surface area contributed by atoms with Crippen molar-refractivity contribution >= 4 is 29.0 Å². The Bertz CT molecular complexity index is 507. The van der Waals surface area contributed by atoms with Gasteiger partial charge >= 0.3 is 0 Å². The highest BCUT2D eigenvalue weighted by atomic mass is 35.5. The van der Waals surface area contributed by atoms with Crippen molar-refractivity contribution in [3.8, 4) is 0 Å². The molecule has 0 saturated carbocycles. The van der Waals surface area contributed by atoms with Crippen LogP contribution in [0.5, 0.6) is 0 Å². The highest BCUT2D eigenvalue weighted by Crippen LogP contribution is 2.26. The SMILES string of the molecule is CN(CCC(=O)c1cccc(Cl)c1Cl)CC1CCN(C)C1. The van der Waals surface area contributed by atoms with Gasteiger partial charge in [-0.1, -0.05) is 29.3 Å². The third-order valence-corrected chi connectivity index (χ3v) is 4.85. The minimum Gasteiger partial charge on any atom is -0.306 e. The topological polar surface area (TPSA) is 23.6 Å². The minimum absolute atomic E-state index is 0.0536. The second kappa shape index (κ2) is 7.59. The average molecular weight is 329 g/mol. The lowest BCUT2D eigenvalue weighted by Gasteiger charge is -2.20. The van der Waals surface area contributed by atoms with Crippen LogP contribution in [0.25, 0.3) is 0 Å². The van der Waals surface area contributed by atoms with E-state index in [0.29, 0.717) is 27.9 Å². The van der Waals surface area contributed by atoms with Crippen LogP contribution in [0.3, 0.4) is 0 Å². The molecule has 5 heteroatoms. The molecule has 0 amide bonds. The summed E-state index contributed by atoms with van der Waals surface area (Å²) >= 11 is 12.0. The van der Waals surface area contributed by atoms with Gasteiger partial charge in [-0.05, 0) is 45.1 Å². The highest BCUT2D eigenvalue weighted by Gasteiger charge is 2.21. The van der Waals surface area contributed by atoms with Gasteiger partial charge in [0.2, 0.25) is 0 Å². The predicted octanol–water partition coefficient (Wildman–Crippen LogP) is 3.45. The first kappa shape index (κ1) is 16.8. The molecule has 1 aromatic carbocycles. The molecule has 0 bridgehead atoms. The van der Waals surface area contributed by atoms with Gasteiger partial charge in [0.1, 0.15) is 0 Å². The Balaban J connectivity index is 1.82. The van der Waals surface area contributed by atoms with Gasteiger partial charge in [0, 0.05) is 31.6 Å². The summed E-state index contributed by atoms with van der Waals surface area (Å²) in [6, 6.07) is 5.20. The molecule has 0 spiro atoms. The number of hydrogen-bond acceptors (Lipinski definition) is 3. The van der Waals surface area contributed by atoms with Crippen LogP contribution in [0.15, 0.2) is 18.2 Å². The Morgan fingerprint density at radius 3 is 2.86 bits per heavy atom. The molecular formula is C16H22Cl2N2O. The van der Waals surface area contributed by atoms with Crippen LogP contribution < -0.4 is 0 Å². The fraction of sp³-hybridized carbons (Fsp3) is 0.562. The summed E-state index contributed by atoms with van der Waals surface area (Å²) in [4.78, 5) is 16.8. The maximum atomic E-state index is 12.2. The van der Waals surface area contributed by atoms with Crippen molar-refractivity contribution < 1.29 is 4.79 Å². The fourth-order valence-corrected chi connectivity index (χ4v) is 3.26. The van der Waals surface area contributed by atoms with E-state index >= 15 is 0 Å². The number of carbonyl (C=O) groups excluding carboxylic acids is 1. The first-order valence-corrected chi connectivity index (χ1v) is 8.07. The van der Waals surface area contributed by atoms with Gasteiger partial charge in [-0.15, -0.1) is 0 Å². The van der Waals surface area contributed by atoms with Gasteiger partial charge < -0.3 is 9.80 Å². The molecule has 1 unspecified atom stereocenters. The van der Waals surface area contributed by atoms with E-state index in [2.05, 4.69) is 23.9 Å². The van der Waals surface area contributed by atoms with E-state index in [-0.39, 0.29) is 5.78 Å². The molecule has 1 fully saturated rings. The predicted molar refractivity (Wildman–Crippen MR) is 88.5 cm³/mol. The van der Waals surface area contributed by atoms with Crippen LogP contribution in [0.1, 0.15) is 23.2 Å². The number of ketones is 1. The van der Waals surface area contributed by atoms with Gasteiger partial charge in [0.05, 0.1) is 10.0 Å². The van der Waals surface area contributed by atoms with Gasteiger partial charge in [-0.3, -0.25) is 4.79 Å². The zero-order chi connectivity index (χ0) is 15.4. The molecule has 0 radical (unpaired) electrons. The van der Waals surface area contributed by atoms with Gasteiger partial charge in [0.25, 0.3) is 0 Å². The Morgan fingerprint density at radius 1 is 1.43 bits per heavy atom. The van der Waals surface area contributed by atoms with Crippen molar-refractivity contribution in [2.45, 2.75) is 12.8 Å². The second-order valence-electron chi connectivity index (χ2n) is 5.95. The number of halogens is 2. The second-order valence-corrected chi connectivity index (χ2v) is 6.74. The largest absolute Gasteiger partial charge is 0.306 e. The number of hydrogen-bond donors (Lipinski definition) is 0. The van der Waals surface area contributed by atoms with Crippen LogP contribution in [0.4, 0.5) is 0 Å². The monoisotopic (exact) mass is 328 g/mol. The molecule has 0 aliphatic carbocycles. The maximum absolute atomic E-state index is 12.2. The van der Waals surface area contributed by atoms with Gasteiger partial charge in [-0.2, -0.15) is 0 Å².